The molecule has 446 valence electrons. The number of rotatable bonds is 14. The van der Waals surface area contributed by atoms with Crippen LogP contribution in [0.25, 0.3) is 0 Å². The maximum atomic E-state index is 12.7. The van der Waals surface area contributed by atoms with Gasteiger partial charge in [-0.1, -0.05) is 34.6 Å². The highest BCUT2D eigenvalue weighted by atomic mass is 16.8. The van der Waals surface area contributed by atoms with E-state index in [0.717, 1.165) is 38.5 Å². The molecule has 0 unspecified atom stereocenters. The van der Waals surface area contributed by atoms with E-state index in [2.05, 4.69) is 20.8 Å². The molecule has 5 heterocycles. The van der Waals surface area contributed by atoms with E-state index >= 15 is 0 Å². The lowest BCUT2D eigenvalue weighted by Gasteiger charge is -2.73. The highest BCUT2D eigenvalue weighted by Gasteiger charge is 2.71. The van der Waals surface area contributed by atoms with Gasteiger partial charge in [0, 0.05) is 16.7 Å². The summed E-state index contributed by atoms with van der Waals surface area (Å²) in [7, 11) is 0. The lowest BCUT2D eigenvalue weighted by atomic mass is 9.33. The minimum Gasteiger partial charge on any atom is -0.394 e. The zero-order valence-corrected chi connectivity index (χ0v) is 44.9. The molecule has 0 aromatic heterocycles. The third-order valence-electron chi connectivity index (χ3n) is 21.6. The van der Waals surface area contributed by atoms with E-state index in [1.165, 1.54) is 0 Å². The molecule has 0 bridgehead atoms. The lowest BCUT2D eigenvalue weighted by Crippen LogP contribution is -2.69. The van der Waals surface area contributed by atoms with Gasteiger partial charge < -0.3 is 119 Å². The van der Waals surface area contributed by atoms with Gasteiger partial charge in [0.25, 0.3) is 0 Å². The third-order valence-corrected chi connectivity index (χ3v) is 21.6. The zero-order valence-electron chi connectivity index (χ0n) is 44.9. The van der Waals surface area contributed by atoms with Gasteiger partial charge in [-0.3, -0.25) is 0 Å². The minimum atomic E-state index is -1.77. The molecule has 0 aromatic rings. The fourth-order valence-electron chi connectivity index (χ4n) is 16.5. The highest BCUT2D eigenvalue weighted by molar-refractivity contribution is 5.19. The van der Waals surface area contributed by atoms with Gasteiger partial charge >= 0.3 is 0 Å². The summed E-state index contributed by atoms with van der Waals surface area (Å²) in [6.07, 6.45) is -23.6. The minimum absolute atomic E-state index is 0.0389. The van der Waals surface area contributed by atoms with Crippen molar-refractivity contribution in [3.8, 4) is 0 Å². The molecule has 0 aromatic carbocycles. The Morgan fingerprint density at radius 2 is 1.09 bits per heavy atom. The quantitative estimate of drug-likeness (QED) is 0.0750. The van der Waals surface area contributed by atoms with Crippen molar-refractivity contribution in [2.45, 2.75) is 234 Å². The Labute approximate surface area is 449 Å². The van der Waals surface area contributed by atoms with Crippen molar-refractivity contribution in [3.63, 3.8) is 0 Å². The average molecular weight is 1110 g/mol. The third kappa shape index (κ3) is 10.4. The van der Waals surface area contributed by atoms with Crippen LogP contribution in [0.4, 0.5) is 0 Å². The predicted molar refractivity (Wildman–Crippen MR) is 261 cm³/mol. The first-order chi connectivity index (χ1) is 36.3. The van der Waals surface area contributed by atoms with Gasteiger partial charge in [0.05, 0.1) is 64.6 Å². The molecule has 4 aliphatic carbocycles. The molecule has 1 spiro atoms. The standard InChI is InChI=1S/C53H90O24/c1-23(19-69-45-41(66)37(62)34(59)27(16-54)73-45)26-8-13-53(22-71-26)15-14-51(4)24(44(53)68)6-7-31-49(2)11-10-32(76-48-43(39(64)36(61)29(18-56)75-48)77-46-40(65)33(58)25(57)20-70-46)50(3,30(49)9-12-52(31,51)5)21-72-47-42(67)38(63)35(60)28(17-55)74-47/h23-48,54-68H,6-22H2,1-5H3/t23-,24+,25+,26-,27+,28+,29+,30+,31+,32-,33-,34+,35+,36+,37-,38-,39-,40+,41+,42+,43+,44+,45+,46-,47+,48-,49-,50-,51+,52+,53+/m1/s1. The summed E-state index contributed by atoms with van der Waals surface area (Å²) in [4.78, 5) is 0. The number of fused-ring (bicyclic) bond motifs is 5. The van der Waals surface area contributed by atoms with Crippen molar-refractivity contribution >= 4 is 0 Å². The first-order valence-corrected chi connectivity index (χ1v) is 28.1. The van der Waals surface area contributed by atoms with E-state index in [1.54, 1.807) is 0 Å². The van der Waals surface area contributed by atoms with Gasteiger partial charge in [0.1, 0.15) is 91.6 Å². The van der Waals surface area contributed by atoms with Crippen LogP contribution in [0.1, 0.15) is 98.8 Å². The van der Waals surface area contributed by atoms with Crippen molar-refractivity contribution in [1.29, 1.82) is 0 Å². The summed E-state index contributed by atoms with van der Waals surface area (Å²) in [5.74, 6) is -0.241. The van der Waals surface area contributed by atoms with E-state index in [1.807, 2.05) is 13.8 Å². The molecular formula is C53H90O24. The van der Waals surface area contributed by atoms with E-state index in [4.69, 9.17) is 42.6 Å². The Bertz CT molecular complexity index is 1950. The summed E-state index contributed by atoms with van der Waals surface area (Å²) >= 11 is 0. The molecule has 0 amide bonds. The molecule has 9 rings (SSSR count). The molecule has 5 saturated heterocycles. The lowest BCUT2D eigenvalue weighted by molar-refractivity contribution is -0.375. The van der Waals surface area contributed by atoms with Gasteiger partial charge in [-0.2, -0.15) is 0 Å². The van der Waals surface area contributed by atoms with Crippen LogP contribution >= 0.6 is 0 Å². The number of aliphatic hydroxyl groups excluding tert-OH is 15. The monoisotopic (exact) mass is 1110 g/mol. The molecule has 15 N–H and O–H groups in total. The Morgan fingerprint density at radius 3 is 1.69 bits per heavy atom. The number of aliphatic hydroxyl groups is 15. The highest BCUT2D eigenvalue weighted by Crippen LogP contribution is 2.75. The number of hydrogen-bond donors (Lipinski definition) is 15. The molecule has 0 radical (unpaired) electrons. The topological polar surface area (TPSA) is 387 Å². The van der Waals surface area contributed by atoms with Crippen LogP contribution < -0.4 is 0 Å². The van der Waals surface area contributed by atoms with Gasteiger partial charge in [-0.15, -0.1) is 0 Å². The molecule has 4 saturated carbocycles. The summed E-state index contributed by atoms with van der Waals surface area (Å²) < 4.78 is 55.0. The molecule has 77 heavy (non-hydrogen) atoms. The molecular weight excluding hydrogens is 1020 g/mol. The van der Waals surface area contributed by atoms with Crippen LogP contribution in [-0.4, -0.2) is 258 Å². The van der Waals surface area contributed by atoms with Crippen LogP contribution in [0, 0.1) is 50.7 Å². The van der Waals surface area contributed by atoms with Gasteiger partial charge in [0.15, 0.2) is 25.2 Å². The fraction of sp³-hybridized carbons (Fsp3) is 1.00. The van der Waals surface area contributed by atoms with Crippen molar-refractivity contribution in [2.24, 2.45) is 50.7 Å². The van der Waals surface area contributed by atoms with Gasteiger partial charge in [0.2, 0.25) is 0 Å². The van der Waals surface area contributed by atoms with Gasteiger partial charge in [-0.25, -0.2) is 0 Å². The fourth-order valence-corrected chi connectivity index (χ4v) is 16.5. The van der Waals surface area contributed by atoms with Crippen molar-refractivity contribution in [2.75, 3.05) is 46.2 Å². The van der Waals surface area contributed by atoms with Crippen LogP contribution in [0.2, 0.25) is 0 Å². The Morgan fingerprint density at radius 1 is 0.506 bits per heavy atom. The second-order valence-corrected chi connectivity index (χ2v) is 25.6. The zero-order chi connectivity index (χ0) is 55.9. The average Bonchev–Trinajstić information content (AvgIpc) is 3.56. The van der Waals surface area contributed by atoms with E-state index < -0.39 is 172 Å². The number of hydrogen-bond acceptors (Lipinski definition) is 24. The largest absolute Gasteiger partial charge is 0.394 e. The normalized spacial score (nSPS) is 55.7. The molecule has 5 aliphatic heterocycles. The molecule has 9 aliphatic rings. The first kappa shape index (κ1) is 60.6. The van der Waals surface area contributed by atoms with Crippen LogP contribution in [0.3, 0.4) is 0 Å². The molecule has 24 heteroatoms. The molecule has 9 fully saturated rings. The van der Waals surface area contributed by atoms with Crippen molar-refractivity contribution in [3.05, 3.63) is 0 Å². The SMILES string of the molecule is C[C@H](CO[C@H]1O[C@@H](CO)[C@H](O)[C@@H](O)[C@@H]1O)[C@H]1CC[C@]2(CC[C@@]3(C)[C@@H](CC[C@H]4[C@]5(C)CC[C@@H](O[C@H]6O[C@@H](CO)[C@H](O)[C@@H](O)[C@@H]6O[C@H]6OC[C@H](O)[C@@H](O)[C@@H]6O)[C@](C)(CO[C@H]6O[C@@H](CO)[C@H](O)[C@@H](O)[C@@H]6O)[C@H]5CC[C@@]43C)[C@@H]2O)CO1. The van der Waals surface area contributed by atoms with Crippen LogP contribution in [0.5, 0.6) is 0 Å². The summed E-state index contributed by atoms with van der Waals surface area (Å²) in [6.45, 7) is 8.95. The van der Waals surface area contributed by atoms with Gasteiger partial charge in [-0.05, 0) is 98.2 Å². The van der Waals surface area contributed by atoms with E-state index in [0.29, 0.717) is 32.3 Å². The predicted octanol–water partition coefficient (Wildman–Crippen LogP) is -3.52. The Balaban J connectivity index is 0.932. The Kier molecular flexibility index (Phi) is 18.3. The van der Waals surface area contributed by atoms with E-state index in [-0.39, 0.29) is 53.8 Å². The van der Waals surface area contributed by atoms with Crippen LogP contribution in [-0.2, 0) is 42.6 Å². The first-order valence-electron chi connectivity index (χ1n) is 28.1. The number of ether oxygens (including phenoxy) is 9. The summed E-state index contributed by atoms with van der Waals surface area (Å²) in [6, 6.07) is 0. The van der Waals surface area contributed by atoms with Crippen LogP contribution in [0.15, 0.2) is 0 Å². The van der Waals surface area contributed by atoms with Crippen molar-refractivity contribution < 1.29 is 119 Å². The summed E-state index contributed by atoms with van der Waals surface area (Å²) in [5, 5.41) is 160. The second-order valence-electron chi connectivity index (χ2n) is 25.6. The summed E-state index contributed by atoms with van der Waals surface area (Å²) in [5.41, 5.74) is -2.42. The Hall–Kier alpha value is -0.960. The van der Waals surface area contributed by atoms with E-state index in [9.17, 15) is 76.6 Å². The second kappa shape index (κ2) is 23.2. The maximum absolute atomic E-state index is 12.7. The smallest absolute Gasteiger partial charge is 0.187 e. The molecule has 31 atom stereocenters. The maximum Gasteiger partial charge on any atom is 0.187 e. The molecule has 24 nitrogen and oxygen atoms in total. The van der Waals surface area contributed by atoms with Crippen molar-refractivity contribution in [1.82, 2.24) is 0 Å².